The Kier molecular flexibility index (Phi) is 15.6. The summed E-state index contributed by atoms with van der Waals surface area (Å²) in [6.07, 6.45) is 3.57. The van der Waals surface area contributed by atoms with Crippen LogP contribution < -0.4 is 0 Å². The number of hydrogen-bond acceptors (Lipinski definition) is 5. The smallest absolute Gasteiger partial charge is 0.0697 e. The van der Waals surface area contributed by atoms with Gasteiger partial charge < -0.3 is 24.4 Å². The quantitative estimate of drug-likeness (QED) is 0.441. The van der Waals surface area contributed by atoms with Crippen LogP contribution in [0.3, 0.4) is 0 Å². The standard InChI is InChI=1S/C12H26O5/c13-5-3-9-15-7-1-2-8-16-10-4-11-17-12-6-14/h13-14H,1-12H2. The van der Waals surface area contributed by atoms with Gasteiger partial charge >= 0.3 is 0 Å². The van der Waals surface area contributed by atoms with E-state index >= 15 is 0 Å². The van der Waals surface area contributed by atoms with Gasteiger partial charge in [0.2, 0.25) is 0 Å². The fourth-order valence-corrected chi connectivity index (χ4v) is 1.21. The van der Waals surface area contributed by atoms with Gasteiger partial charge in [-0.2, -0.15) is 0 Å². The summed E-state index contributed by atoms with van der Waals surface area (Å²) in [5, 5.41) is 17.0. The second-order valence-corrected chi connectivity index (χ2v) is 3.70. The molecular formula is C12H26O5. The molecule has 0 aliphatic carbocycles. The Bertz CT molecular complexity index is 118. The van der Waals surface area contributed by atoms with Gasteiger partial charge in [-0.15, -0.1) is 0 Å². The summed E-state index contributed by atoms with van der Waals surface area (Å²) in [5.74, 6) is 0. The van der Waals surface area contributed by atoms with Crippen molar-refractivity contribution in [2.75, 3.05) is 52.9 Å². The summed E-state index contributed by atoms with van der Waals surface area (Å²) in [5.41, 5.74) is 0. The Morgan fingerprint density at radius 1 is 0.471 bits per heavy atom. The second kappa shape index (κ2) is 15.8. The van der Waals surface area contributed by atoms with Crippen LogP contribution in [0, 0.1) is 0 Å². The maximum Gasteiger partial charge on any atom is 0.0697 e. The van der Waals surface area contributed by atoms with Crippen molar-refractivity contribution in [3.8, 4) is 0 Å². The summed E-state index contributed by atoms with van der Waals surface area (Å²) >= 11 is 0. The van der Waals surface area contributed by atoms with Gasteiger partial charge in [0.05, 0.1) is 13.2 Å². The Balaban J connectivity index is 2.85. The van der Waals surface area contributed by atoms with E-state index in [2.05, 4.69) is 0 Å². The van der Waals surface area contributed by atoms with Gasteiger partial charge in [0.15, 0.2) is 0 Å². The first kappa shape index (κ1) is 16.8. The predicted octanol–water partition coefficient (Wildman–Crippen LogP) is 0.581. The predicted molar refractivity (Wildman–Crippen MR) is 65.1 cm³/mol. The number of aliphatic hydroxyl groups excluding tert-OH is 2. The molecule has 5 heteroatoms. The monoisotopic (exact) mass is 250 g/mol. The lowest BCUT2D eigenvalue weighted by Crippen LogP contribution is -2.05. The van der Waals surface area contributed by atoms with Gasteiger partial charge in [-0.05, 0) is 25.7 Å². The lowest BCUT2D eigenvalue weighted by molar-refractivity contribution is 0.0596. The highest BCUT2D eigenvalue weighted by Crippen LogP contribution is 1.93. The molecule has 0 saturated carbocycles. The van der Waals surface area contributed by atoms with Crippen molar-refractivity contribution in [3.05, 3.63) is 0 Å². The van der Waals surface area contributed by atoms with E-state index in [0.29, 0.717) is 32.8 Å². The fraction of sp³-hybridized carbons (Fsp3) is 1.00. The summed E-state index contributed by atoms with van der Waals surface area (Å²) in [7, 11) is 0. The van der Waals surface area contributed by atoms with Gasteiger partial charge in [-0.1, -0.05) is 0 Å². The Labute approximate surface area is 104 Å². The minimum absolute atomic E-state index is 0.0805. The highest BCUT2D eigenvalue weighted by Gasteiger charge is 1.92. The molecule has 0 atom stereocenters. The highest BCUT2D eigenvalue weighted by molar-refractivity contribution is 4.40. The molecule has 104 valence electrons. The fourth-order valence-electron chi connectivity index (χ4n) is 1.21. The number of ether oxygens (including phenoxy) is 3. The van der Waals surface area contributed by atoms with Gasteiger partial charge in [0, 0.05) is 39.6 Å². The van der Waals surface area contributed by atoms with Crippen LogP contribution in [0.4, 0.5) is 0 Å². The Hall–Kier alpha value is -0.200. The Morgan fingerprint density at radius 3 is 1.47 bits per heavy atom. The highest BCUT2D eigenvalue weighted by atomic mass is 16.5. The van der Waals surface area contributed by atoms with Crippen molar-refractivity contribution in [3.63, 3.8) is 0 Å². The first-order valence-electron chi connectivity index (χ1n) is 6.36. The molecule has 0 saturated heterocycles. The molecule has 0 aromatic carbocycles. The lowest BCUT2D eigenvalue weighted by Gasteiger charge is -2.05. The molecule has 0 aliphatic rings. The van der Waals surface area contributed by atoms with Gasteiger partial charge in [-0.3, -0.25) is 0 Å². The van der Waals surface area contributed by atoms with Gasteiger partial charge in [0.25, 0.3) is 0 Å². The molecular weight excluding hydrogens is 224 g/mol. The molecule has 17 heavy (non-hydrogen) atoms. The zero-order valence-electron chi connectivity index (χ0n) is 10.6. The normalized spacial score (nSPS) is 10.9. The third-order valence-corrected chi connectivity index (χ3v) is 2.09. The third kappa shape index (κ3) is 15.8. The van der Waals surface area contributed by atoms with Crippen LogP contribution in [-0.2, 0) is 14.2 Å². The minimum atomic E-state index is 0.0805. The molecule has 0 amide bonds. The third-order valence-electron chi connectivity index (χ3n) is 2.09. The largest absolute Gasteiger partial charge is 0.396 e. The number of rotatable bonds is 14. The number of hydrogen-bond donors (Lipinski definition) is 2. The molecule has 5 nitrogen and oxygen atoms in total. The van der Waals surface area contributed by atoms with E-state index in [1.54, 1.807) is 0 Å². The molecule has 0 unspecified atom stereocenters. The maximum absolute atomic E-state index is 8.52. The Morgan fingerprint density at radius 2 is 0.941 bits per heavy atom. The molecule has 0 aliphatic heterocycles. The second-order valence-electron chi connectivity index (χ2n) is 3.70. The zero-order valence-corrected chi connectivity index (χ0v) is 10.6. The van der Waals surface area contributed by atoms with Crippen LogP contribution >= 0.6 is 0 Å². The first-order valence-corrected chi connectivity index (χ1v) is 6.36. The van der Waals surface area contributed by atoms with Crippen LogP contribution in [0.25, 0.3) is 0 Å². The molecule has 0 bridgehead atoms. The van der Waals surface area contributed by atoms with Crippen molar-refractivity contribution in [2.45, 2.75) is 25.7 Å². The van der Waals surface area contributed by atoms with E-state index in [0.717, 1.165) is 32.5 Å². The SMILES string of the molecule is OCCCOCCCCOCCCOCCO. The molecule has 2 N–H and O–H groups in total. The van der Waals surface area contributed by atoms with Crippen LogP contribution in [0.1, 0.15) is 25.7 Å². The van der Waals surface area contributed by atoms with Crippen molar-refractivity contribution >= 4 is 0 Å². The van der Waals surface area contributed by atoms with Crippen LogP contribution in [0.5, 0.6) is 0 Å². The van der Waals surface area contributed by atoms with Crippen LogP contribution in [0.15, 0.2) is 0 Å². The van der Waals surface area contributed by atoms with Crippen LogP contribution in [0.2, 0.25) is 0 Å². The average Bonchev–Trinajstić information content (AvgIpc) is 2.35. The molecule has 0 heterocycles. The summed E-state index contributed by atoms with van der Waals surface area (Å²) in [4.78, 5) is 0. The van der Waals surface area contributed by atoms with Crippen LogP contribution in [-0.4, -0.2) is 63.1 Å². The van der Waals surface area contributed by atoms with Crippen molar-refractivity contribution in [1.82, 2.24) is 0 Å². The number of unbranched alkanes of at least 4 members (excludes halogenated alkanes) is 1. The van der Waals surface area contributed by atoms with E-state index in [4.69, 9.17) is 24.4 Å². The molecule has 0 radical (unpaired) electrons. The summed E-state index contributed by atoms with van der Waals surface area (Å²) in [6, 6.07) is 0. The molecule has 0 aromatic heterocycles. The van der Waals surface area contributed by atoms with Crippen molar-refractivity contribution in [2.24, 2.45) is 0 Å². The van der Waals surface area contributed by atoms with Crippen molar-refractivity contribution in [1.29, 1.82) is 0 Å². The first-order chi connectivity index (χ1) is 8.41. The average molecular weight is 250 g/mol. The van der Waals surface area contributed by atoms with E-state index in [9.17, 15) is 0 Å². The molecule has 0 rings (SSSR count). The van der Waals surface area contributed by atoms with Crippen molar-refractivity contribution < 1.29 is 24.4 Å². The number of aliphatic hydroxyl groups is 2. The molecule has 0 aromatic rings. The molecule has 0 spiro atoms. The minimum Gasteiger partial charge on any atom is -0.396 e. The summed E-state index contributed by atoms with van der Waals surface area (Å²) in [6.45, 7) is 4.16. The van der Waals surface area contributed by atoms with Gasteiger partial charge in [-0.25, -0.2) is 0 Å². The van der Waals surface area contributed by atoms with E-state index < -0.39 is 0 Å². The molecule has 0 fully saturated rings. The summed E-state index contributed by atoms with van der Waals surface area (Å²) < 4.78 is 15.8. The topological polar surface area (TPSA) is 68.2 Å². The van der Waals surface area contributed by atoms with E-state index in [1.807, 2.05) is 0 Å². The maximum atomic E-state index is 8.52. The van der Waals surface area contributed by atoms with E-state index in [1.165, 1.54) is 0 Å². The zero-order chi connectivity index (χ0) is 12.6. The van der Waals surface area contributed by atoms with E-state index in [-0.39, 0.29) is 13.2 Å². The van der Waals surface area contributed by atoms with Gasteiger partial charge in [0.1, 0.15) is 0 Å². The lowest BCUT2D eigenvalue weighted by atomic mass is 10.3.